The minimum absolute atomic E-state index is 0.167. The molecule has 198 valence electrons. The molecular weight excluding hydrogens is 499 g/mol. The number of likely N-dealkylation sites (tertiary alicyclic amines) is 1. The number of alkyl halides is 3. The summed E-state index contributed by atoms with van der Waals surface area (Å²) in [6, 6.07) is 16.6. The molecule has 1 amide bonds. The van der Waals surface area contributed by atoms with E-state index in [9.17, 15) is 27.9 Å². The molecule has 0 saturated carbocycles. The third kappa shape index (κ3) is 5.51. The number of carbonyl (C=O) groups is 2. The predicted molar refractivity (Wildman–Crippen MR) is 135 cm³/mol. The summed E-state index contributed by atoms with van der Waals surface area (Å²) in [5, 5.41) is 11.3. The van der Waals surface area contributed by atoms with Crippen LogP contribution in [0, 0.1) is 0 Å². The van der Waals surface area contributed by atoms with Crippen LogP contribution < -0.4 is 9.47 Å². The average Bonchev–Trinajstić information content (AvgIpc) is 3.16. The van der Waals surface area contributed by atoms with Crippen LogP contribution >= 0.6 is 0 Å². The fraction of sp³-hybridized carbons (Fsp3) is 0.241. The zero-order chi connectivity index (χ0) is 27.4. The Morgan fingerprint density at radius 3 is 2.34 bits per heavy atom. The van der Waals surface area contributed by atoms with Crippen molar-refractivity contribution in [2.75, 3.05) is 13.7 Å². The standard InChI is InChI=1S/C29H26F3NO5/c1-3-14-38-23-9-5-7-20(16-23)26(34)24-25(19-10-12-22(37-2)13-11-19)33(28(36)27(24)35)17-18-6-4-8-21(15-18)29(30,31)32/h4-13,15-16,25,34H,3,14,17H2,1-2H3/b26-24+. The maximum absolute atomic E-state index is 13.3. The van der Waals surface area contributed by atoms with Crippen LogP contribution in [0.4, 0.5) is 13.2 Å². The molecule has 1 heterocycles. The van der Waals surface area contributed by atoms with Gasteiger partial charge in [-0.2, -0.15) is 13.2 Å². The third-order valence-corrected chi connectivity index (χ3v) is 6.16. The van der Waals surface area contributed by atoms with E-state index in [4.69, 9.17) is 9.47 Å². The summed E-state index contributed by atoms with van der Waals surface area (Å²) in [6.07, 6.45) is -3.79. The van der Waals surface area contributed by atoms with Gasteiger partial charge in [0.2, 0.25) is 0 Å². The van der Waals surface area contributed by atoms with Crippen LogP contribution in [0.2, 0.25) is 0 Å². The van der Waals surface area contributed by atoms with Crippen molar-refractivity contribution in [3.05, 3.63) is 101 Å². The van der Waals surface area contributed by atoms with Gasteiger partial charge in [-0.1, -0.05) is 43.3 Å². The molecule has 3 aromatic carbocycles. The molecule has 0 spiro atoms. The van der Waals surface area contributed by atoms with Crippen LogP contribution in [-0.4, -0.2) is 35.4 Å². The lowest BCUT2D eigenvalue weighted by Crippen LogP contribution is -2.29. The number of hydrogen-bond donors (Lipinski definition) is 1. The number of halogens is 3. The van der Waals surface area contributed by atoms with Gasteiger partial charge in [-0.15, -0.1) is 0 Å². The fourth-order valence-electron chi connectivity index (χ4n) is 4.33. The molecule has 1 atom stereocenters. The van der Waals surface area contributed by atoms with Crippen LogP contribution in [-0.2, 0) is 22.3 Å². The summed E-state index contributed by atoms with van der Waals surface area (Å²) in [5.74, 6) is -1.25. The molecule has 1 fully saturated rings. The molecule has 0 aliphatic carbocycles. The zero-order valence-electron chi connectivity index (χ0n) is 20.8. The van der Waals surface area contributed by atoms with E-state index in [1.165, 1.54) is 24.1 Å². The van der Waals surface area contributed by atoms with E-state index in [-0.39, 0.29) is 23.2 Å². The number of Topliss-reactive ketones (excluding diaryl/α,β-unsaturated/α-hetero) is 1. The molecule has 1 N–H and O–H groups in total. The van der Waals surface area contributed by atoms with Gasteiger partial charge in [-0.25, -0.2) is 0 Å². The predicted octanol–water partition coefficient (Wildman–Crippen LogP) is 6.12. The van der Waals surface area contributed by atoms with Crippen LogP contribution in [0.3, 0.4) is 0 Å². The monoisotopic (exact) mass is 525 g/mol. The van der Waals surface area contributed by atoms with Gasteiger partial charge in [0, 0.05) is 12.1 Å². The van der Waals surface area contributed by atoms with Gasteiger partial charge in [-0.3, -0.25) is 9.59 Å². The molecule has 0 aromatic heterocycles. The van der Waals surface area contributed by atoms with Gasteiger partial charge in [0.25, 0.3) is 11.7 Å². The molecule has 0 bridgehead atoms. The SMILES string of the molecule is CCCOc1cccc(/C(O)=C2\C(=O)C(=O)N(Cc3cccc(C(F)(F)F)c3)C2c2ccc(OC)cc2)c1. The van der Waals surface area contributed by atoms with E-state index in [0.717, 1.165) is 18.6 Å². The second-order valence-electron chi connectivity index (χ2n) is 8.77. The number of ketones is 1. The van der Waals surface area contributed by atoms with Gasteiger partial charge < -0.3 is 19.5 Å². The summed E-state index contributed by atoms with van der Waals surface area (Å²) in [6.45, 7) is 2.13. The molecule has 1 aliphatic rings. The van der Waals surface area contributed by atoms with Crippen molar-refractivity contribution in [3.63, 3.8) is 0 Å². The molecule has 9 heteroatoms. The number of hydrogen-bond acceptors (Lipinski definition) is 5. The first-order chi connectivity index (χ1) is 18.1. The van der Waals surface area contributed by atoms with Gasteiger partial charge >= 0.3 is 6.18 Å². The normalized spacial score (nSPS) is 17.1. The maximum atomic E-state index is 13.3. The van der Waals surface area contributed by atoms with Gasteiger partial charge in [-0.05, 0) is 53.9 Å². The number of amides is 1. The number of rotatable bonds is 8. The number of nitrogens with zero attached hydrogens (tertiary/aromatic N) is 1. The average molecular weight is 526 g/mol. The lowest BCUT2D eigenvalue weighted by atomic mass is 9.95. The first kappa shape index (κ1) is 26.8. The van der Waals surface area contributed by atoms with Gasteiger partial charge in [0.15, 0.2) is 0 Å². The molecule has 1 unspecified atom stereocenters. The van der Waals surface area contributed by atoms with Crippen molar-refractivity contribution in [3.8, 4) is 11.5 Å². The summed E-state index contributed by atoms with van der Waals surface area (Å²) < 4.78 is 50.7. The lowest BCUT2D eigenvalue weighted by molar-refractivity contribution is -0.140. The molecule has 3 aromatic rings. The summed E-state index contributed by atoms with van der Waals surface area (Å²) >= 11 is 0. The van der Waals surface area contributed by atoms with Crippen molar-refractivity contribution < 1.29 is 37.3 Å². The summed E-state index contributed by atoms with van der Waals surface area (Å²) in [4.78, 5) is 27.6. The van der Waals surface area contributed by atoms with Crippen molar-refractivity contribution in [2.45, 2.75) is 32.1 Å². The van der Waals surface area contributed by atoms with E-state index in [0.29, 0.717) is 23.7 Å². The van der Waals surface area contributed by atoms with Gasteiger partial charge in [0.05, 0.1) is 30.9 Å². The number of ether oxygens (including phenoxy) is 2. The Morgan fingerprint density at radius 2 is 1.68 bits per heavy atom. The smallest absolute Gasteiger partial charge is 0.416 e. The van der Waals surface area contributed by atoms with Crippen molar-refractivity contribution in [1.82, 2.24) is 4.90 Å². The molecular formula is C29H26F3NO5. The highest BCUT2D eigenvalue weighted by Crippen LogP contribution is 2.41. The second kappa shape index (κ2) is 11.0. The number of aliphatic hydroxyl groups is 1. The Hall–Kier alpha value is -4.27. The third-order valence-electron chi connectivity index (χ3n) is 6.16. The van der Waals surface area contributed by atoms with Crippen molar-refractivity contribution in [2.24, 2.45) is 0 Å². The highest BCUT2D eigenvalue weighted by molar-refractivity contribution is 6.46. The minimum Gasteiger partial charge on any atom is -0.507 e. The molecule has 1 saturated heterocycles. The first-order valence-corrected chi connectivity index (χ1v) is 12.0. The Bertz CT molecular complexity index is 1370. The Morgan fingerprint density at radius 1 is 0.974 bits per heavy atom. The van der Waals surface area contributed by atoms with Crippen LogP contribution in [0.1, 0.15) is 41.6 Å². The Kier molecular flexibility index (Phi) is 7.75. The number of benzene rings is 3. The fourth-order valence-corrected chi connectivity index (χ4v) is 4.33. The number of carbonyl (C=O) groups excluding carboxylic acids is 2. The van der Waals surface area contributed by atoms with E-state index in [1.807, 2.05) is 6.92 Å². The molecule has 6 nitrogen and oxygen atoms in total. The van der Waals surface area contributed by atoms with Crippen LogP contribution in [0.25, 0.3) is 5.76 Å². The summed E-state index contributed by atoms with van der Waals surface area (Å²) in [5.41, 5.74) is -0.0856. The van der Waals surface area contributed by atoms with E-state index >= 15 is 0 Å². The highest BCUT2D eigenvalue weighted by atomic mass is 19.4. The summed E-state index contributed by atoms with van der Waals surface area (Å²) in [7, 11) is 1.49. The highest BCUT2D eigenvalue weighted by Gasteiger charge is 2.46. The topological polar surface area (TPSA) is 76.1 Å². The second-order valence-corrected chi connectivity index (χ2v) is 8.77. The minimum atomic E-state index is -4.57. The van der Waals surface area contributed by atoms with Crippen molar-refractivity contribution in [1.29, 1.82) is 0 Å². The number of methoxy groups -OCH3 is 1. The Balaban J connectivity index is 1.81. The molecule has 4 rings (SSSR count). The largest absolute Gasteiger partial charge is 0.507 e. The molecule has 38 heavy (non-hydrogen) atoms. The van der Waals surface area contributed by atoms with Crippen LogP contribution in [0.15, 0.2) is 78.4 Å². The quantitative estimate of drug-likeness (QED) is 0.218. The van der Waals surface area contributed by atoms with E-state index in [1.54, 1.807) is 48.5 Å². The number of aliphatic hydroxyl groups excluding tert-OH is 1. The zero-order valence-corrected chi connectivity index (χ0v) is 20.8. The first-order valence-electron chi connectivity index (χ1n) is 12.0. The molecule has 0 radical (unpaired) electrons. The van der Waals surface area contributed by atoms with E-state index in [2.05, 4.69) is 0 Å². The van der Waals surface area contributed by atoms with Crippen molar-refractivity contribution >= 4 is 17.4 Å². The lowest BCUT2D eigenvalue weighted by Gasteiger charge is -2.26. The van der Waals surface area contributed by atoms with E-state index < -0.39 is 35.2 Å². The van der Waals surface area contributed by atoms with Crippen LogP contribution in [0.5, 0.6) is 11.5 Å². The maximum Gasteiger partial charge on any atom is 0.416 e. The molecule has 1 aliphatic heterocycles. The Labute approximate surface area is 217 Å². The van der Waals surface area contributed by atoms with Gasteiger partial charge in [0.1, 0.15) is 17.3 Å².